The number of ether oxygens (including phenoxy) is 2. The smallest absolute Gasteiger partial charge is 0.339 e. The molecule has 0 radical (unpaired) electrons. The Balaban J connectivity index is 1.80. The molecule has 9 heteroatoms. The molecule has 0 amide bonds. The molecule has 142 valence electrons. The lowest BCUT2D eigenvalue weighted by molar-refractivity contribution is 0.0693. The van der Waals surface area contributed by atoms with Crippen molar-refractivity contribution in [1.29, 1.82) is 0 Å². The van der Waals surface area contributed by atoms with Gasteiger partial charge in [0.2, 0.25) is 0 Å². The molecule has 8 nitrogen and oxygen atoms in total. The molecule has 0 spiro atoms. The van der Waals surface area contributed by atoms with E-state index in [0.29, 0.717) is 17.2 Å². The number of aromatic hydroxyl groups is 1. The summed E-state index contributed by atoms with van der Waals surface area (Å²) < 4.78 is 12.3. The number of aromatic nitrogens is 3. The zero-order valence-electron chi connectivity index (χ0n) is 14.4. The highest BCUT2D eigenvalue weighted by Gasteiger charge is 2.18. The fourth-order valence-corrected chi connectivity index (χ4v) is 2.58. The highest BCUT2D eigenvalue weighted by Crippen LogP contribution is 2.30. The number of carbonyl (C=O) groups is 1. The topological polar surface area (TPSA) is 107 Å². The van der Waals surface area contributed by atoms with Gasteiger partial charge < -0.3 is 19.7 Å². The third kappa shape index (κ3) is 4.16. The third-order valence-electron chi connectivity index (χ3n) is 3.61. The van der Waals surface area contributed by atoms with Crippen LogP contribution < -0.4 is 9.47 Å². The number of carboxylic acids is 1. The maximum atomic E-state index is 11.2. The summed E-state index contributed by atoms with van der Waals surface area (Å²) in [6.45, 7) is 0.167. The number of hydrogen-bond donors (Lipinski definition) is 2. The van der Waals surface area contributed by atoms with Crippen molar-refractivity contribution >= 4 is 17.6 Å². The summed E-state index contributed by atoms with van der Waals surface area (Å²) >= 11 is 5.93. The molecule has 1 aromatic heterocycles. The van der Waals surface area contributed by atoms with E-state index in [-0.39, 0.29) is 29.5 Å². The number of phenols is 1. The van der Waals surface area contributed by atoms with Gasteiger partial charge in [-0.2, -0.15) is 0 Å². The van der Waals surface area contributed by atoms with Crippen molar-refractivity contribution in [3.63, 3.8) is 0 Å². The molecule has 0 saturated carbocycles. The molecule has 0 saturated heterocycles. The molecule has 28 heavy (non-hydrogen) atoms. The van der Waals surface area contributed by atoms with Crippen LogP contribution in [0.15, 0.2) is 42.6 Å². The van der Waals surface area contributed by atoms with E-state index >= 15 is 0 Å². The minimum Gasteiger partial charge on any atom is -0.505 e. The van der Waals surface area contributed by atoms with Crippen LogP contribution in [-0.2, 0) is 6.61 Å². The van der Waals surface area contributed by atoms with Gasteiger partial charge in [0.25, 0.3) is 0 Å². The van der Waals surface area contributed by atoms with E-state index in [1.165, 1.54) is 16.9 Å². The second kappa shape index (κ2) is 8.33. The Morgan fingerprint density at radius 2 is 1.96 bits per heavy atom. The van der Waals surface area contributed by atoms with Crippen molar-refractivity contribution in [3.8, 4) is 35.3 Å². The monoisotopic (exact) mass is 399 g/mol. The lowest BCUT2D eigenvalue weighted by Crippen LogP contribution is -2.02. The average molecular weight is 400 g/mol. The average Bonchev–Trinajstić information content (AvgIpc) is 3.15. The Labute approximate surface area is 164 Å². The van der Waals surface area contributed by atoms with Gasteiger partial charge in [-0.05, 0) is 24.3 Å². The lowest BCUT2D eigenvalue weighted by Gasteiger charge is -2.10. The second-order valence-corrected chi connectivity index (χ2v) is 5.95. The number of halogens is 1. The van der Waals surface area contributed by atoms with Crippen molar-refractivity contribution in [3.05, 3.63) is 58.9 Å². The van der Waals surface area contributed by atoms with Gasteiger partial charge in [0.15, 0.2) is 17.2 Å². The van der Waals surface area contributed by atoms with Crippen molar-refractivity contribution in [2.45, 2.75) is 6.61 Å². The third-order valence-corrected chi connectivity index (χ3v) is 3.83. The fraction of sp³-hybridized carbons (Fsp3) is 0.105. The Morgan fingerprint density at radius 3 is 2.64 bits per heavy atom. The number of aromatic carboxylic acids is 1. The molecule has 0 aliphatic heterocycles. The van der Waals surface area contributed by atoms with Crippen molar-refractivity contribution < 1.29 is 24.5 Å². The van der Waals surface area contributed by atoms with Gasteiger partial charge >= 0.3 is 5.97 Å². The van der Waals surface area contributed by atoms with E-state index in [4.69, 9.17) is 32.6 Å². The highest BCUT2D eigenvalue weighted by atomic mass is 35.5. The van der Waals surface area contributed by atoms with Gasteiger partial charge in [0.05, 0.1) is 6.20 Å². The summed E-state index contributed by atoms with van der Waals surface area (Å²) in [5, 5.41) is 27.3. The van der Waals surface area contributed by atoms with Crippen LogP contribution in [0.1, 0.15) is 16.1 Å². The molecule has 0 aliphatic rings. The Bertz CT molecular complexity index is 1060. The SMILES string of the molecule is C#CCOc1ccccc1OCc1cn(-c2cc(Cl)cc(C(=O)O)c2O)nn1. The maximum absolute atomic E-state index is 11.2. The van der Waals surface area contributed by atoms with Crippen LogP contribution in [0, 0.1) is 12.3 Å². The number of carboxylic acid groups (broad SMARTS) is 1. The number of terminal acetylenes is 1. The Kier molecular flexibility index (Phi) is 5.67. The van der Waals surface area contributed by atoms with Crippen molar-refractivity contribution in [1.82, 2.24) is 15.0 Å². The first-order chi connectivity index (χ1) is 13.5. The molecule has 2 N–H and O–H groups in total. The van der Waals surface area contributed by atoms with Gasteiger partial charge in [0.1, 0.15) is 30.2 Å². The minimum absolute atomic E-state index is 0.0591. The van der Waals surface area contributed by atoms with Gasteiger partial charge in [-0.25, -0.2) is 9.48 Å². The number of rotatable bonds is 7. The number of nitrogens with zero attached hydrogens (tertiary/aromatic N) is 3. The van der Waals surface area contributed by atoms with Crippen LogP contribution in [0.4, 0.5) is 0 Å². The van der Waals surface area contributed by atoms with E-state index in [9.17, 15) is 9.90 Å². The van der Waals surface area contributed by atoms with Crippen LogP contribution >= 0.6 is 11.6 Å². The molecule has 1 heterocycles. The van der Waals surface area contributed by atoms with Gasteiger partial charge in [-0.1, -0.05) is 34.9 Å². The molecule has 2 aromatic carbocycles. The standard InChI is InChI=1S/C19H14ClN3O5/c1-2-7-27-16-5-3-4-6-17(16)28-11-13-10-23(22-21-13)15-9-12(20)8-14(18(15)24)19(25)26/h1,3-6,8-10,24H,7,11H2,(H,25,26). The van der Waals surface area contributed by atoms with Gasteiger partial charge in [-0.3, -0.25) is 0 Å². The lowest BCUT2D eigenvalue weighted by atomic mass is 10.1. The van der Waals surface area contributed by atoms with Crippen LogP contribution in [0.25, 0.3) is 5.69 Å². The zero-order chi connectivity index (χ0) is 20.1. The largest absolute Gasteiger partial charge is 0.505 e. The Hall–Kier alpha value is -3.70. The number of benzene rings is 2. The summed E-state index contributed by atoms with van der Waals surface area (Å²) in [7, 11) is 0. The molecular formula is C19H14ClN3O5. The number of para-hydroxylation sites is 2. The van der Waals surface area contributed by atoms with Crippen LogP contribution in [0.3, 0.4) is 0 Å². The predicted octanol–water partition coefficient (Wildman–Crippen LogP) is 2.92. The predicted molar refractivity (Wildman–Crippen MR) is 100 cm³/mol. The first-order valence-electron chi connectivity index (χ1n) is 7.95. The van der Waals surface area contributed by atoms with E-state index in [1.807, 2.05) is 0 Å². The summed E-state index contributed by atoms with van der Waals surface area (Å²) in [4.78, 5) is 11.2. The molecule has 3 rings (SSSR count). The van der Waals surface area contributed by atoms with E-state index < -0.39 is 11.7 Å². The molecule has 0 unspecified atom stereocenters. The second-order valence-electron chi connectivity index (χ2n) is 5.51. The molecule has 0 bridgehead atoms. The van der Waals surface area contributed by atoms with Crippen LogP contribution in [-0.4, -0.2) is 37.8 Å². The van der Waals surface area contributed by atoms with Crippen LogP contribution in [0.5, 0.6) is 17.2 Å². The van der Waals surface area contributed by atoms with E-state index in [0.717, 1.165) is 6.07 Å². The summed E-state index contributed by atoms with van der Waals surface area (Å²) in [6, 6.07) is 9.55. The van der Waals surface area contributed by atoms with Crippen LogP contribution in [0.2, 0.25) is 5.02 Å². The van der Waals surface area contributed by atoms with E-state index in [2.05, 4.69) is 16.2 Å². The normalized spacial score (nSPS) is 10.3. The van der Waals surface area contributed by atoms with E-state index in [1.54, 1.807) is 24.3 Å². The fourth-order valence-electron chi connectivity index (χ4n) is 2.36. The summed E-state index contributed by atoms with van der Waals surface area (Å²) in [6.07, 6.45) is 6.69. The zero-order valence-corrected chi connectivity index (χ0v) is 15.1. The number of hydrogen-bond acceptors (Lipinski definition) is 6. The quantitative estimate of drug-likeness (QED) is 0.588. The van der Waals surface area contributed by atoms with Crippen molar-refractivity contribution in [2.75, 3.05) is 6.61 Å². The first kappa shape index (κ1) is 19.1. The summed E-state index contributed by atoms with van der Waals surface area (Å²) in [5.41, 5.74) is 0.180. The molecule has 0 aliphatic carbocycles. The summed E-state index contributed by atoms with van der Waals surface area (Å²) in [5.74, 6) is 1.57. The van der Waals surface area contributed by atoms with Gasteiger partial charge in [-0.15, -0.1) is 11.5 Å². The minimum atomic E-state index is -1.31. The highest BCUT2D eigenvalue weighted by molar-refractivity contribution is 6.31. The first-order valence-corrected chi connectivity index (χ1v) is 8.33. The molecular weight excluding hydrogens is 386 g/mol. The molecule has 0 atom stereocenters. The van der Waals surface area contributed by atoms with Gasteiger partial charge in [0, 0.05) is 5.02 Å². The Morgan fingerprint density at radius 1 is 1.25 bits per heavy atom. The molecule has 0 fully saturated rings. The maximum Gasteiger partial charge on any atom is 0.339 e. The van der Waals surface area contributed by atoms with Crippen molar-refractivity contribution in [2.24, 2.45) is 0 Å². The molecule has 3 aromatic rings.